The zero-order valence-corrected chi connectivity index (χ0v) is 11.1. The molecule has 0 amide bonds. The van der Waals surface area contributed by atoms with Crippen molar-refractivity contribution in [3.05, 3.63) is 0 Å². The summed E-state index contributed by atoms with van der Waals surface area (Å²) in [4.78, 5) is 0. The van der Waals surface area contributed by atoms with Gasteiger partial charge in [-0.3, -0.25) is 0 Å². The fourth-order valence-corrected chi connectivity index (χ4v) is 8.52. The van der Waals surface area contributed by atoms with Gasteiger partial charge in [-0.15, -0.1) is 0 Å². The van der Waals surface area contributed by atoms with Gasteiger partial charge in [0, 0.05) is 0 Å². The van der Waals surface area contributed by atoms with Gasteiger partial charge in [0.05, 0.1) is 0 Å². The molecule has 0 aromatic heterocycles. The van der Waals surface area contributed by atoms with Crippen molar-refractivity contribution >= 4 is 14.8 Å². The summed E-state index contributed by atoms with van der Waals surface area (Å²) in [6.45, 7) is 4.54. The third kappa shape index (κ3) is 2.98. The van der Waals surface area contributed by atoms with Crippen molar-refractivity contribution < 1.29 is 17.3 Å². The Labute approximate surface area is 85.1 Å². The van der Waals surface area contributed by atoms with Crippen LogP contribution in [0.1, 0.15) is 27.7 Å². The van der Waals surface area contributed by atoms with Crippen molar-refractivity contribution in [3.63, 3.8) is 0 Å². The van der Waals surface area contributed by atoms with E-state index in [1.807, 2.05) is 27.7 Å². The summed E-state index contributed by atoms with van der Waals surface area (Å²) in [5, 5.41) is 0. The molecule has 0 heterocycles. The van der Waals surface area contributed by atoms with Gasteiger partial charge >= 0.3 is 84.4 Å². The molecule has 0 saturated carbocycles. The normalized spacial score (nSPS) is 16.3. The Morgan fingerprint density at radius 1 is 1.00 bits per heavy atom. The standard InChI is InChI=1S/C8H20F2O2P2/c1-5-14(6-2,7-3,8-4)12-13(9,10)11/h5-8H2,1-4H3. The van der Waals surface area contributed by atoms with E-state index >= 15 is 0 Å². The Morgan fingerprint density at radius 2 is 1.29 bits per heavy atom. The SMILES string of the molecule is CCP(CC)(CC)(CC)OP(=O)(F)F. The van der Waals surface area contributed by atoms with E-state index in [1.165, 1.54) is 0 Å². The van der Waals surface area contributed by atoms with E-state index in [2.05, 4.69) is 0 Å². The third-order valence-corrected chi connectivity index (χ3v) is 12.5. The zero-order valence-electron chi connectivity index (χ0n) is 9.30. The molecule has 0 aliphatic heterocycles. The molecule has 0 unspecified atom stereocenters. The van der Waals surface area contributed by atoms with Crippen LogP contribution in [0.5, 0.6) is 0 Å². The summed E-state index contributed by atoms with van der Waals surface area (Å²) in [6.07, 6.45) is 2.31. The molecular formula is C8H20F2O2P2. The minimum absolute atomic E-state index is 0.576. The second-order valence-corrected chi connectivity index (χ2v) is 11.3. The Hall–Kier alpha value is 0.480. The first kappa shape index (κ1) is 14.5. The average Bonchev–Trinajstić information content (AvgIpc) is 2.14. The number of hydrogen-bond donors (Lipinski definition) is 0. The van der Waals surface area contributed by atoms with E-state index in [4.69, 9.17) is 4.31 Å². The molecule has 0 radical (unpaired) electrons. The molecule has 0 rings (SSSR count). The van der Waals surface area contributed by atoms with E-state index in [1.54, 1.807) is 0 Å². The van der Waals surface area contributed by atoms with E-state index < -0.39 is 14.8 Å². The van der Waals surface area contributed by atoms with Crippen LogP contribution in [-0.4, -0.2) is 24.6 Å². The zero-order chi connectivity index (χ0) is 11.5. The van der Waals surface area contributed by atoms with Crippen molar-refractivity contribution in [1.29, 1.82) is 0 Å². The van der Waals surface area contributed by atoms with Crippen molar-refractivity contribution in [2.75, 3.05) is 24.6 Å². The third-order valence-electron chi connectivity index (χ3n) is 3.53. The molecule has 0 fully saturated rings. The molecule has 2 nitrogen and oxygen atoms in total. The van der Waals surface area contributed by atoms with Crippen molar-refractivity contribution in [1.82, 2.24) is 0 Å². The van der Waals surface area contributed by atoms with Gasteiger partial charge in [-0.2, -0.15) is 0 Å². The fraction of sp³-hybridized carbons (Fsp3) is 1.00. The van der Waals surface area contributed by atoms with Gasteiger partial charge in [-0.25, -0.2) is 0 Å². The molecule has 0 bridgehead atoms. The summed E-state index contributed by atoms with van der Waals surface area (Å²) in [5.41, 5.74) is 0. The number of rotatable bonds is 6. The van der Waals surface area contributed by atoms with Crippen LogP contribution in [-0.2, 0) is 8.88 Å². The maximum absolute atomic E-state index is 12.6. The van der Waals surface area contributed by atoms with Gasteiger partial charge in [0.15, 0.2) is 0 Å². The van der Waals surface area contributed by atoms with Crippen molar-refractivity contribution in [2.45, 2.75) is 27.7 Å². The second kappa shape index (κ2) is 4.55. The predicted molar refractivity (Wildman–Crippen MR) is 60.0 cm³/mol. The number of hydrogen-bond acceptors (Lipinski definition) is 2. The monoisotopic (exact) mass is 248 g/mol. The molecule has 0 saturated heterocycles. The first-order valence-electron chi connectivity index (χ1n) is 4.98. The molecule has 0 N–H and O–H groups in total. The Morgan fingerprint density at radius 3 is 1.36 bits per heavy atom. The molecule has 14 heavy (non-hydrogen) atoms. The molecule has 0 spiro atoms. The van der Waals surface area contributed by atoms with Gasteiger partial charge in [0.25, 0.3) is 0 Å². The Bertz CT molecular complexity index is 212. The molecule has 0 atom stereocenters. The van der Waals surface area contributed by atoms with Crippen LogP contribution in [0.3, 0.4) is 0 Å². The molecule has 0 aliphatic carbocycles. The van der Waals surface area contributed by atoms with Gasteiger partial charge < -0.3 is 0 Å². The summed E-state index contributed by atoms with van der Waals surface area (Å²) < 4.78 is 40.5. The molecule has 0 aromatic rings. The maximum atomic E-state index is 12.6. The summed E-state index contributed by atoms with van der Waals surface area (Å²) >= 11 is 0. The summed E-state index contributed by atoms with van der Waals surface area (Å²) in [5.74, 6) is 0. The van der Waals surface area contributed by atoms with Crippen LogP contribution < -0.4 is 0 Å². The molecule has 0 aliphatic rings. The van der Waals surface area contributed by atoms with Crippen LogP contribution in [0.15, 0.2) is 0 Å². The van der Waals surface area contributed by atoms with E-state index in [0.717, 1.165) is 0 Å². The van der Waals surface area contributed by atoms with Gasteiger partial charge in [-0.1, -0.05) is 0 Å². The topological polar surface area (TPSA) is 26.3 Å². The van der Waals surface area contributed by atoms with E-state index in [0.29, 0.717) is 24.6 Å². The van der Waals surface area contributed by atoms with Gasteiger partial charge in [-0.05, 0) is 0 Å². The van der Waals surface area contributed by atoms with E-state index in [9.17, 15) is 13.0 Å². The average molecular weight is 248 g/mol. The van der Waals surface area contributed by atoms with Crippen molar-refractivity contribution in [2.24, 2.45) is 0 Å². The van der Waals surface area contributed by atoms with Crippen LogP contribution in [0, 0.1) is 0 Å². The quantitative estimate of drug-likeness (QED) is 0.642. The predicted octanol–water partition coefficient (Wildman–Crippen LogP) is 4.60. The summed E-state index contributed by atoms with van der Waals surface area (Å²) in [7, 11) is -5.36. The Balaban J connectivity index is 5.15. The van der Waals surface area contributed by atoms with Crippen LogP contribution in [0.25, 0.3) is 0 Å². The van der Waals surface area contributed by atoms with Crippen LogP contribution >= 0.6 is 14.8 Å². The second-order valence-electron chi connectivity index (χ2n) is 3.62. The molecule has 6 heteroatoms. The first-order chi connectivity index (χ1) is 6.26. The first-order valence-corrected chi connectivity index (χ1v) is 9.28. The van der Waals surface area contributed by atoms with Gasteiger partial charge in [0.2, 0.25) is 0 Å². The fourth-order valence-electron chi connectivity index (χ4n) is 1.84. The minimum atomic E-state index is -5.36. The van der Waals surface area contributed by atoms with Crippen LogP contribution in [0.4, 0.5) is 8.39 Å². The molecular weight excluding hydrogens is 228 g/mol. The van der Waals surface area contributed by atoms with Gasteiger partial charge in [0.1, 0.15) is 0 Å². The Kier molecular flexibility index (Phi) is 4.71. The molecule has 0 aromatic carbocycles. The number of halogens is 2. The van der Waals surface area contributed by atoms with Crippen LogP contribution in [0.2, 0.25) is 0 Å². The van der Waals surface area contributed by atoms with Crippen molar-refractivity contribution in [3.8, 4) is 0 Å². The van der Waals surface area contributed by atoms with E-state index in [-0.39, 0.29) is 0 Å². The molecule has 88 valence electrons. The summed E-state index contributed by atoms with van der Waals surface area (Å²) in [6, 6.07) is 0.